The van der Waals surface area contributed by atoms with E-state index in [0.717, 1.165) is 74.3 Å². The molecular weight excluding hydrogens is 528 g/mol. The van der Waals surface area contributed by atoms with Gasteiger partial charge in [-0.1, -0.05) is 18.2 Å². The topological polar surface area (TPSA) is 130 Å². The molecule has 11 heteroatoms. The molecule has 4 N–H and O–H groups in total. The second kappa shape index (κ2) is 11.5. The third kappa shape index (κ3) is 5.97. The molecule has 10 nitrogen and oxygen atoms in total. The standard InChI is InChI=1S/C29H34N6O4S/c36-29-33-28-22(18-35(29)24-2-1-3-25(17-24)39-19-20-8-12-30-13-9-20)16-27(32-28)21-4-6-26(7-5-21)40(37,38)34-23-10-14-31-15-11-23/h1-7,16-18,20,23,30-31,34H,8-15,19H2,(H,32,33,36). The first-order valence-electron chi connectivity index (χ1n) is 13.8. The van der Waals surface area contributed by atoms with Gasteiger partial charge in [-0.05, 0) is 93.7 Å². The van der Waals surface area contributed by atoms with Crippen LogP contribution in [0.1, 0.15) is 25.7 Å². The van der Waals surface area contributed by atoms with E-state index in [9.17, 15) is 13.2 Å². The number of aromatic amines is 1. The molecule has 2 aliphatic heterocycles. The molecule has 4 aromatic rings. The summed E-state index contributed by atoms with van der Waals surface area (Å²) in [5, 5.41) is 7.37. The van der Waals surface area contributed by atoms with Crippen molar-refractivity contribution in [1.82, 2.24) is 29.9 Å². The van der Waals surface area contributed by atoms with E-state index in [1.165, 1.54) is 4.57 Å². The van der Waals surface area contributed by atoms with Crippen LogP contribution in [0.3, 0.4) is 0 Å². The average molecular weight is 563 g/mol. The van der Waals surface area contributed by atoms with Gasteiger partial charge in [-0.2, -0.15) is 4.98 Å². The van der Waals surface area contributed by atoms with Crippen molar-refractivity contribution in [2.45, 2.75) is 36.6 Å². The highest BCUT2D eigenvalue weighted by atomic mass is 32.2. The molecule has 2 aromatic carbocycles. The minimum Gasteiger partial charge on any atom is -0.493 e. The van der Waals surface area contributed by atoms with E-state index in [2.05, 4.69) is 25.3 Å². The maximum atomic E-state index is 12.9. The summed E-state index contributed by atoms with van der Waals surface area (Å²) in [5.41, 5.74) is 2.29. The van der Waals surface area contributed by atoms with E-state index in [0.29, 0.717) is 23.9 Å². The van der Waals surface area contributed by atoms with Crippen molar-refractivity contribution in [2.24, 2.45) is 5.92 Å². The molecule has 6 rings (SSSR count). The SMILES string of the molecule is O=c1nc2[nH]c(-c3ccc(S(=O)(=O)NC4CCNCC4)cc3)cc2cn1-c1cccc(OCC2CCNCC2)c1. The van der Waals surface area contributed by atoms with Crippen molar-refractivity contribution in [3.05, 3.63) is 71.3 Å². The summed E-state index contributed by atoms with van der Waals surface area (Å²) < 4.78 is 36.1. The number of H-pyrrole nitrogens is 1. The zero-order chi connectivity index (χ0) is 27.5. The van der Waals surface area contributed by atoms with Crippen LogP contribution in [0.15, 0.2) is 70.5 Å². The molecule has 2 aromatic heterocycles. The first-order valence-corrected chi connectivity index (χ1v) is 15.3. The number of aromatic nitrogens is 3. The molecule has 0 spiro atoms. The van der Waals surface area contributed by atoms with Crippen molar-refractivity contribution in [2.75, 3.05) is 32.8 Å². The van der Waals surface area contributed by atoms with Crippen LogP contribution in [0.5, 0.6) is 5.75 Å². The van der Waals surface area contributed by atoms with Gasteiger partial charge in [-0.15, -0.1) is 0 Å². The van der Waals surface area contributed by atoms with E-state index in [4.69, 9.17) is 4.74 Å². The Balaban J connectivity index is 1.20. The molecule has 0 atom stereocenters. The lowest BCUT2D eigenvalue weighted by molar-refractivity contribution is 0.215. The fraction of sp³-hybridized carbons (Fsp3) is 0.379. The van der Waals surface area contributed by atoms with Gasteiger partial charge in [-0.3, -0.25) is 4.57 Å². The van der Waals surface area contributed by atoms with E-state index in [1.54, 1.807) is 30.5 Å². The third-order valence-electron chi connectivity index (χ3n) is 7.68. The van der Waals surface area contributed by atoms with Crippen LogP contribution in [-0.2, 0) is 10.0 Å². The van der Waals surface area contributed by atoms with Crippen molar-refractivity contribution < 1.29 is 13.2 Å². The Kier molecular flexibility index (Phi) is 7.70. The number of fused-ring (bicyclic) bond motifs is 1. The van der Waals surface area contributed by atoms with E-state index in [-0.39, 0.29) is 10.9 Å². The summed E-state index contributed by atoms with van der Waals surface area (Å²) >= 11 is 0. The molecule has 0 amide bonds. The highest BCUT2D eigenvalue weighted by Crippen LogP contribution is 2.25. The molecule has 2 saturated heterocycles. The van der Waals surface area contributed by atoms with Crippen molar-refractivity contribution in [3.8, 4) is 22.7 Å². The first kappa shape index (κ1) is 26.7. The molecule has 210 valence electrons. The Bertz CT molecular complexity index is 1640. The summed E-state index contributed by atoms with van der Waals surface area (Å²) in [5.74, 6) is 1.26. The Labute approximate surface area is 233 Å². The molecule has 0 bridgehead atoms. The highest BCUT2D eigenvalue weighted by Gasteiger charge is 2.22. The number of sulfonamides is 1. The summed E-state index contributed by atoms with van der Waals surface area (Å²) in [4.78, 5) is 20.6. The lowest BCUT2D eigenvalue weighted by Gasteiger charge is -2.23. The number of piperidine rings is 2. The van der Waals surface area contributed by atoms with Gasteiger partial charge < -0.3 is 20.4 Å². The fourth-order valence-electron chi connectivity index (χ4n) is 5.36. The molecule has 0 unspecified atom stereocenters. The van der Waals surface area contributed by atoms with Gasteiger partial charge >= 0.3 is 5.69 Å². The minimum absolute atomic E-state index is 0.0552. The van der Waals surface area contributed by atoms with Crippen LogP contribution in [0, 0.1) is 5.92 Å². The van der Waals surface area contributed by atoms with E-state index >= 15 is 0 Å². The zero-order valence-electron chi connectivity index (χ0n) is 22.2. The van der Waals surface area contributed by atoms with Crippen LogP contribution in [-0.4, -0.2) is 61.8 Å². The second-order valence-corrected chi connectivity index (χ2v) is 12.3. The number of hydrogen-bond acceptors (Lipinski definition) is 7. The highest BCUT2D eigenvalue weighted by molar-refractivity contribution is 7.89. The number of ether oxygens (including phenoxy) is 1. The molecule has 0 aliphatic carbocycles. The van der Waals surface area contributed by atoms with Gasteiger partial charge in [0.15, 0.2) is 0 Å². The van der Waals surface area contributed by atoms with E-state index in [1.807, 2.05) is 30.3 Å². The molecule has 2 aliphatic rings. The summed E-state index contributed by atoms with van der Waals surface area (Å²) in [6, 6.07) is 16.1. The van der Waals surface area contributed by atoms with Gasteiger partial charge in [0.25, 0.3) is 0 Å². The Morgan fingerprint density at radius 2 is 1.68 bits per heavy atom. The summed E-state index contributed by atoms with van der Waals surface area (Å²) in [7, 11) is -3.60. The molecule has 40 heavy (non-hydrogen) atoms. The van der Waals surface area contributed by atoms with Crippen molar-refractivity contribution in [3.63, 3.8) is 0 Å². The summed E-state index contributed by atoms with van der Waals surface area (Å²) in [6.07, 6.45) is 5.51. The smallest absolute Gasteiger partial charge is 0.354 e. The largest absolute Gasteiger partial charge is 0.493 e. The van der Waals surface area contributed by atoms with Crippen molar-refractivity contribution >= 4 is 21.1 Å². The van der Waals surface area contributed by atoms with E-state index < -0.39 is 15.7 Å². The normalized spacial score (nSPS) is 17.3. The predicted octanol–water partition coefficient (Wildman–Crippen LogP) is 2.79. The predicted molar refractivity (Wildman–Crippen MR) is 154 cm³/mol. The molecule has 4 heterocycles. The van der Waals surface area contributed by atoms with Gasteiger partial charge in [0.05, 0.1) is 17.2 Å². The van der Waals surface area contributed by atoms with Crippen LogP contribution in [0.4, 0.5) is 0 Å². The maximum Gasteiger partial charge on any atom is 0.354 e. The molecule has 0 saturated carbocycles. The van der Waals surface area contributed by atoms with Gasteiger partial charge in [-0.25, -0.2) is 17.9 Å². The minimum atomic E-state index is -3.60. The van der Waals surface area contributed by atoms with Crippen molar-refractivity contribution in [1.29, 1.82) is 0 Å². The molecular formula is C29H34N6O4S. The molecule has 0 radical (unpaired) electrons. The number of rotatable bonds is 8. The first-order chi connectivity index (χ1) is 19.4. The summed E-state index contributed by atoms with van der Waals surface area (Å²) in [6.45, 7) is 4.32. The lowest BCUT2D eigenvalue weighted by atomic mass is 9.99. The Hall–Kier alpha value is -3.51. The Morgan fingerprint density at radius 3 is 2.42 bits per heavy atom. The van der Waals surface area contributed by atoms with Crippen LogP contribution in [0.25, 0.3) is 28.0 Å². The lowest BCUT2D eigenvalue weighted by Crippen LogP contribution is -2.42. The number of benzene rings is 2. The van der Waals surface area contributed by atoms with Crippen LogP contribution >= 0.6 is 0 Å². The zero-order valence-corrected chi connectivity index (χ0v) is 23.0. The van der Waals surface area contributed by atoms with Crippen LogP contribution in [0.2, 0.25) is 0 Å². The number of hydrogen-bond donors (Lipinski definition) is 4. The van der Waals surface area contributed by atoms with Crippen LogP contribution < -0.4 is 25.8 Å². The monoisotopic (exact) mass is 562 g/mol. The maximum absolute atomic E-state index is 12.9. The third-order valence-corrected chi connectivity index (χ3v) is 9.22. The quantitative estimate of drug-likeness (QED) is 0.260. The fourth-order valence-corrected chi connectivity index (χ4v) is 6.67. The number of nitrogens with zero attached hydrogens (tertiary/aromatic N) is 2. The Morgan fingerprint density at radius 1 is 0.950 bits per heavy atom. The average Bonchev–Trinajstić information content (AvgIpc) is 3.39. The van der Waals surface area contributed by atoms with Gasteiger partial charge in [0.1, 0.15) is 11.4 Å². The molecule has 2 fully saturated rings. The second-order valence-electron chi connectivity index (χ2n) is 10.6. The van der Waals surface area contributed by atoms with Gasteiger partial charge in [0, 0.05) is 29.4 Å². The van der Waals surface area contributed by atoms with Gasteiger partial charge in [0.2, 0.25) is 10.0 Å². The number of nitrogens with one attached hydrogen (secondary N) is 4.